The van der Waals surface area contributed by atoms with Crippen LogP contribution in [0.5, 0.6) is 0 Å². The molecule has 5 heteroatoms. The van der Waals surface area contributed by atoms with Crippen LogP contribution in [0.3, 0.4) is 0 Å². The third kappa shape index (κ3) is 5.82. The van der Waals surface area contributed by atoms with Crippen molar-refractivity contribution in [3.63, 3.8) is 0 Å². The maximum absolute atomic E-state index is 11.4. The predicted molar refractivity (Wildman–Crippen MR) is 66.3 cm³/mol. The van der Waals surface area contributed by atoms with Gasteiger partial charge in [0.1, 0.15) is 0 Å². The number of rotatable bonds is 6. The molecule has 4 nitrogen and oxygen atoms in total. The molecule has 0 bridgehead atoms. The Kier molecular flexibility index (Phi) is 4.89. The molecule has 0 atom stereocenters. The number of amides is 1. The van der Waals surface area contributed by atoms with Crippen molar-refractivity contribution in [3.8, 4) is 0 Å². The Morgan fingerprint density at radius 3 is 2.94 bits per heavy atom. The quantitative estimate of drug-likeness (QED) is 0.789. The summed E-state index contributed by atoms with van der Waals surface area (Å²) in [5.41, 5.74) is 5.53. The first-order valence-corrected chi connectivity index (χ1v) is 6.29. The van der Waals surface area contributed by atoms with Crippen molar-refractivity contribution in [1.29, 1.82) is 0 Å². The lowest BCUT2D eigenvalue weighted by Crippen LogP contribution is -2.34. The lowest BCUT2D eigenvalue weighted by atomic mass is 10.00. The Labute approximate surface area is 100 Å². The van der Waals surface area contributed by atoms with Crippen molar-refractivity contribution in [2.75, 3.05) is 6.54 Å². The zero-order chi connectivity index (χ0) is 12.0. The zero-order valence-corrected chi connectivity index (χ0v) is 10.6. The Bertz CT molecular complexity index is 316. The van der Waals surface area contributed by atoms with Crippen molar-refractivity contribution in [2.45, 2.75) is 38.6 Å². The number of hydrogen-bond acceptors (Lipinski definition) is 4. The van der Waals surface area contributed by atoms with Gasteiger partial charge in [-0.15, -0.1) is 11.3 Å². The minimum Gasteiger partial charge on any atom is -0.356 e. The van der Waals surface area contributed by atoms with E-state index in [9.17, 15) is 4.79 Å². The molecule has 0 radical (unpaired) electrons. The van der Waals surface area contributed by atoms with Gasteiger partial charge in [0.15, 0.2) is 0 Å². The Morgan fingerprint density at radius 1 is 1.62 bits per heavy atom. The van der Waals surface area contributed by atoms with Crippen LogP contribution in [0.1, 0.15) is 31.7 Å². The lowest BCUT2D eigenvalue weighted by Gasteiger charge is -2.17. The second-order valence-electron chi connectivity index (χ2n) is 4.51. The second kappa shape index (κ2) is 5.96. The molecule has 90 valence electrons. The largest absolute Gasteiger partial charge is 0.356 e. The smallest absolute Gasteiger partial charge is 0.220 e. The van der Waals surface area contributed by atoms with Gasteiger partial charge in [0, 0.05) is 36.5 Å². The Morgan fingerprint density at radius 2 is 2.38 bits per heavy atom. The van der Waals surface area contributed by atoms with E-state index < -0.39 is 0 Å². The number of carbonyl (C=O) groups excluding carboxylic acids is 1. The SMILES string of the molecule is CC(C)(N)CCC(=O)NCCc1nccs1. The highest BCUT2D eigenvalue weighted by Crippen LogP contribution is 2.07. The van der Waals surface area contributed by atoms with Crippen LogP contribution < -0.4 is 11.1 Å². The number of nitrogens with one attached hydrogen (secondary N) is 1. The number of hydrogen-bond donors (Lipinski definition) is 2. The molecule has 0 spiro atoms. The molecule has 0 aliphatic heterocycles. The topological polar surface area (TPSA) is 68.0 Å². The van der Waals surface area contributed by atoms with Crippen LogP contribution in [-0.4, -0.2) is 23.0 Å². The van der Waals surface area contributed by atoms with E-state index in [1.807, 2.05) is 19.2 Å². The van der Waals surface area contributed by atoms with E-state index in [1.54, 1.807) is 17.5 Å². The van der Waals surface area contributed by atoms with E-state index in [-0.39, 0.29) is 11.4 Å². The molecule has 0 aromatic carbocycles. The molecule has 0 saturated carbocycles. The van der Waals surface area contributed by atoms with Crippen LogP contribution in [0.4, 0.5) is 0 Å². The summed E-state index contributed by atoms with van der Waals surface area (Å²) < 4.78 is 0. The van der Waals surface area contributed by atoms with Gasteiger partial charge in [-0.25, -0.2) is 4.98 Å². The van der Waals surface area contributed by atoms with Crippen LogP contribution >= 0.6 is 11.3 Å². The van der Waals surface area contributed by atoms with E-state index in [0.29, 0.717) is 19.4 Å². The summed E-state index contributed by atoms with van der Waals surface area (Å²) in [4.78, 5) is 15.6. The first kappa shape index (κ1) is 13.1. The number of nitrogens with two attached hydrogens (primary N) is 1. The van der Waals surface area contributed by atoms with Gasteiger partial charge in [-0.1, -0.05) is 0 Å². The molecular formula is C11H19N3OS. The molecule has 1 heterocycles. The van der Waals surface area contributed by atoms with Gasteiger partial charge >= 0.3 is 0 Å². The first-order valence-electron chi connectivity index (χ1n) is 5.41. The summed E-state index contributed by atoms with van der Waals surface area (Å²) in [5.74, 6) is 0.0649. The summed E-state index contributed by atoms with van der Waals surface area (Å²) in [6, 6.07) is 0. The number of thiazole rings is 1. The number of nitrogens with zero attached hydrogens (tertiary/aromatic N) is 1. The fraction of sp³-hybridized carbons (Fsp3) is 0.636. The molecule has 0 saturated heterocycles. The molecule has 3 N–H and O–H groups in total. The molecule has 1 amide bonds. The van der Waals surface area contributed by atoms with Crippen LogP contribution in [0.2, 0.25) is 0 Å². The van der Waals surface area contributed by atoms with E-state index in [2.05, 4.69) is 10.3 Å². The highest BCUT2D eigenvalue weighted by molar-refractivity contribution is 7.09. The highest BCUT2D eigenvalue weighted by atomic mass is 32.1. The summed E-state index contributed by atoms with van der Waals surface area (Å²) in [6.45, 7) is 4.50. The van der Waals surface area contributed by atoms with E-state index in [4.69, 9.17) is 5.73 Å². The lowest BCUT2D eigenvalue weighted by molar-refractivity contribution is -0.121. The van der Waals surface area contributed by atoms with Gasteiger partial charge in [0.25, 0.3) is 0 Å². The Hall–Kier alpha value is -0.940. The third-order valence-electron chi connectivity index (χ3n) is 2.14. The average Bonchev–Trinajstić information content (AvgIpc) is 2.66. The van der Waals surface area contributed by atoms with Crippen LogP contribution in [0, 0.1) is 0 Å². The summed E-state index contributed by atoms with van der Waals surface area (Å²) in [7, 11) is 0. The summed E-state index contributed by atoms with van der Waals surface area (Å²) in [5, 5.41) is 5.86. The van der Waals surface area contributed by atoms with Crippen LogP contribution in [-0.2, 0) is 11.2 Å². The van der Waals surface area contributed by atoms with Gasteiger partial charge < -0.3 is 11.1 Å². The molecule has 0 aliphatic carbocycles. The van der Waals surface area contributed by atoms with Crippen molar-refractivity contribution >= 4 is 17.2 Å². The Balaban J connectivity index is 2.11. The fourth-order valence-corrected chi connectivity index (χ4v) is 1.83. The van der Waals surface area contributed by atoms with Gasteiger partial charge in [0.2, 0.25) is 5.91 Å². The van der Waals surface area contributed by atoms with Gasteiger partial charge in [-0.3, -0.25) is 4.79 Å². The summed E-state index contributed by atoms with van der Waals surface area (Å²) >= 11 is 1.61. The first-order chi connectivity index (χ1) is 7.47. The predicted octanol–water partition coefficient (Wildman–Crippen LogP) is 1.32. The van der Waals surface area contributed by atoms with Crippen molar-refractivity contribution < 1.29 is 4.79 Å². The molecule has 1 aromatic rings. The van der Waals surface area contributed by atoms with Crippen molar-refractivity contribution in [2.24, 2.45) is 5.73 Å². The zero-order valence-electron chi connectivity index (χ0n) is 9.82. The van der Waals surface area contributed by atoms with Gasteiger partial charge in [-0.05, 0) is 20.3 Å². The highest BCUT2D eigenvalue weighted by Gasteiger charge is 2.12. The monoisotopic (exact) mass is 241 g/mol. The summed E-state index contributed by atoms with van der Waals surface area (Å²) in [6.07, 6.45) is 3.77. The number of carbonyl (C=O) groups is 1. The third-order valence-corrected chi connectivity index (χ3v) is 2.98. The fourth-order valence-electron chi connectivity index (χ4n) is 1.21. The van der Waals surface area contributed by atoms with E-state index in [1.165, 1.54) is 0 Å². The average molecular weight is 241 g/mol. The number of aromatic nitrogens is 1. The second-order valence-corrected chi connectivity index (χ2v) is 5.49. The van der Waals surface area contributed by atoms with Crippen LogP contribution in [0.25, 0.3) is 0 Å². The minimum atomic E-state index is -0.271. The molecule has 0 fully saturated rings. The van der Waals surface area contributed by atoms with Crippen molar-refractivity contribution in [3.05, 3.63) is 16.6 Å². The molecule has 0 aliphatic rings. The minimum absolute atomic E-state index is 0.0649. The van der Waals surface area contributed by atoms with Gasteiger partial charge in [0.05, 0.1) is 5.01 Å². The van der Waals surface area contributed by atoms with Crippen molar-refractivity contribution in [1.82, 2.24) is 10.3 Å². The molecule has 16 heavy (non-hydrogen) atoms. The van der Waals surface area contributed by atoms with E-state index in [0.717, 1.165) is 11.4 Å². The molecule has 0 unspecified atom stereocenters. The molecule has 1 rings (SSSR count). The van der Waals surface area contributed by atoms with E-state index >= 15 is 0 Å². The normalized spacial score (nSPS) is 11.4. The van der Waals surface area contributed by atoms with Crippen LogP contribution in [0.15, 0.2) is 11.6 Å². The molecular weight excluding hydrogens is 222 g/mol. The standard InChI is InChI=1S/C11H19N3OS/c1-11(2,12)5-3-9(15)13-6-4-10-14-7-8-16-10/h7-8H,3-6,12H2,1-2H3,(H,13,15). The van der Waals surface area contributed by atoms with Gasteiger partial charge in [-0.2, -0.15) is 0 Å². The molecule has 1 aromatic heterocycles. The maximum Gasteiger partial charge on any atom is 0.220 e. The maximum atomic E-state index is 11.4.